The molecule has 63 heavy (non-hydrogen) atoms. The van der Waals surface area contributed by atoms with Crippen molar-refractivity contribution >= 4 is 57.2 Å². The summed E-state index contributed by atoms with van der Waals surface area (Å²) in [7, 11) is 0. The Kier molecular flexibility index (Phi) is 9.78. The van der Waals surface area contributed by atoms with Gasteiger partial charge in [-0.2, -0.15) is 0 Å². The molecular weight excluding hydrogens is 759 g/mol. The van der Waals surface area contributed by atoms with Crippen molar-refractivity contribution in [1.82, 2.24) is 0 Å². The van der Waals surface area contributed by atoms with Gasteiger partial charge in [-0.25, -0.2) is 0 Å². The summed E-state index contributed by atoms with van der Waals surface area (Å²) in [6.45, 7) is 38.2. The van der Waals surface area contributed by atoms with E-state index in [4.69, 9.17) is 0 Å². The van der Waals surface area contributed by atoms with Crippen LogP contribution in [0.3, 0.4) is 0 Å². The second kappa shape index (κ2) is 14.2. The first-order valence-electron chi connectivity index (χ1n) is 23.7. The van der Waals surface area contributed by atoms with E-state index < -0.39 is 0 Å². The van der Waals surface area contributed by atoms with E-state index >= 15 is 0 Å². The van der Waals surface area contributed by atoms with Crippen molar-refractivity contribution in [3.05, 3.63) is 149 Å². The molecule has 0 N–H and O–H groups in total. The molecule has 9 rings (SSSR count). The Balaban J connectivity index is 1.43. The highest BCUT2D eigenvalue weighted by Crippen LogP contribution is 2.51. The van der Waals surface area contributed by atoms with Crippen LogP contribution in [-0.2, 0) is 32.5 Å². The maximum absolute atomic E-state index is 2.67. The maximum atomic E-state index is 2.67. The number of hydrogen-bond donors (Lipinski definition) is 0. The van der Waals surface area contributed by atoms with Crippen molar-refractivity contribution in [1.29, 1.82) is 0 Å². The van der Waals surface area contributed by atoms with Gasteiger partial charge in [0.1, 0.15) is 0 Å². The van der Waals surface area contributed by atoms with Crippen LogP contribution >= 0.6 is 0 Å². The maximum Gasteiger partial charge on any atom is 0.252 e. The third-order valence-electron chi connectivity index (χ3n) is 14.9. The van der Waals surface area contributed by atoms with Crippen LogP contribution in [0.1, 0.15) is 157 Å². The first-order valence-corrected chi connectivity index (χ1v) is 23.7. The summed E-state index contributed by atoms with van der Waals surface area (Å²) >= 11 is 0. The van der Waals surface area contributed by atoms with E-state index in [0.29, 0.717) is 0 Å². The summed E-state index contributed by atoms with van der Waals surface area (Å²) in [5, 5.41) is 0. The zero-order valence-corrected chi connectivity index (χ0v) is 41.4. The van der Waals surface area contributed by atoms with Crippen LogP contribution in [0.2, 0.25) is 0 Å². The van der Waals surface area contributed by atoms with Gasteiger partial charge in [0.05, 0.1) is 0 Å². The van der Waals surface area contributed by atoms with E-state index in [9.17, 15) is 0 Å². The summed E-state index contributed by atoms with van der Waals surface area (Å²) in [4.78, 5) is 5.29. The molecule has 1 aliphatic carbocycles. The Bertz CT molecular complexity index is 2710. The molecule has 0 saturated carbocycles. The molecule has 2 aliphatic heterocycles. The number of nitrogens with zero attached hydrogens (tertiary/aromatic N) is 2. The molecule has 2 heterocycles. The minimum Gasteiger partial charge on any atom is -0.311 e. The van der Waals surface area contributed by atoms with E-state index in [1.54, 1.807) is 0 Å². The van der Waals surface area contributed by atoms with Crippen molar-refractivity contribution in [3.8, 4) is 11.1 Å². The molecular formula is C60H71BN2. The molecule has 324 valence electrons. The summed E-state index contributed by atoms with van der Waals surface area (Å²) < 4.78 is 0. The van der Waals surface area contributed by atoms with Gasteiger partial charge in [0.25, 0.3) is 6.71 Å². The lowest BCUT2D eigenvalue weighted by atomic mass is 9.33. The average Bonchev–Trinajstić information content (AvgIpc) is 3.20. The van der Waals surface area contributed by atoms with Gasteiger partial charge >= 0.3 is 0 Å². The van der Waals surface area contributed by atoms with Gasteiger partial charge in [-0.1, -0.05) is 178 Å². The largest absolute Gasteiger partial charge is 0.311 e. The highest BCUT2D eigenvalue weighted by atomic mass is 15.2. The number of hydrogen-bond acceptors (Lipinski definition) is 2. The van der Waals surface area contributed by atoms with E-state index in [-0.39, 0.29) is 39.2 Å². The van der Waals surface area contributed by atoms with Gasteiger partial charge in [0.15, 0.2) is 0 Å². The topological polar surface area (TPSA) is 6.48 Å². The van der Waals surface area contributed by atoms with Crippen LogP contribution in [0.5, 0.6) is 0 Å². The van der Waals surface area contributed by atoms with Crippen LogP contribution in [0.15, 0.2) is 115 Å². The van der Waals surface area contributed by atoms with Crippen LogP contribution in [-0.4, -0.2) is 6.71 Å². The first kappa shape index (κ1) is 43.2. The van der Waals surface area contributed by atoms with Crippen molar-refractivity contribution in [2.45, 2.75) is 156 Å². The Labute approximate surface area is 381 Å². The van der Waals surface area contributed by atoms with Crippen molar-refractivity contribution in [3.63, 3.8) is 0 Å². The van der Waals surface area contributed by atoms with Crippen molar-refractivity contribution in [2.75, 3.05) is 9.80 Å². The second-order valence-corrected chi connectivity index (χ2v) is 24.7. The normalized spacial score (nSPS) is 16.6. The summed E-state index contributed by atoms with van der Waals surface area (Å²) in [6, 6.07) is 45.6. The van der Waals surface area contributed by atoms with Crippen LogP contribution in [0, 0.1) is 0 Å². The van der Waals surface area contributed by atoms with Crippen LogP contribution in [0.25, 0.3) is 11.1 Å². The highest BCUT2D eigenvalue weighted by molar-refractivity contribution is 7.00. The zero-order chi connectivity index (χ0) is 45.4. The molecule has 0 fully saturated rings. The van der Waals surface area contributed by atoms with E-state index in [0.717, 1.165) is 0 Å². The predicted octanol–water partition coefficient (Wildman–Crippen LogP) is 15.0. The Hall–Kier alpha value is -5.02. The van der Waals surface area contributed by atoms with Crippen LogP contribution in [0.4, 0.5) is 34.1 Å². The molecule has 3 heteroatoms. The fourth-order valence-electron chi connectivity index (χ4n) is 10.6. The third-order valence-corrected chi connectivity index (χ3v) is 14.9. The Morgan fingerprint density at radius 1 is 0.397 bits per heavy atom. The lowest BCUT2D eigenvalue weighted by Gasteiger charge is -2.47. The number of benzene rings is 6. The van der Waals surface area contributed by atoms with Gasteiger partial charge in [-0.3, -0.25) is 0 Å². The fraction of sp³-hybridized carbons (Fsp3) is 0.400. The first-order chi connectivity index (χ1) is 29.2. The summed E-state index contributed by atoms with van der Waals surface area (Å²) in [5.41, 5.74) is 22.7. The molecule has 2 nitrogen and oxygen atoms in total. The van der Waals surface area contributed by atoms with Gasteiger partial charge in [-0.05, 0) is 155 Å². The molecule has 0 atom stereocenters. The quantitative estimate of drug-likeness (QED) is 0.164. The molecule has 6 aromatic rings. The number of fused-ring (bicyclic) bond motifs is 5. The molecule has 0 bridgehead atoms. The smallest absolute Gasteiger partial charge is 0.252 e. The average molecular weight is 831 g/mol. The van der Waals surface area contributed by atoms with E-state index in [1.807, 2.05) is 0 Å². The summed E-state index contributed by atoms with van der Waals surface area (Å²) in [6.07, 6.45) is 2.35. The van der Waals surface area contributed by atoms with Gasteiger partial charge in [0.2, 0.25) is 0 Å². The Morgan fingerprint density at radius 3 is 1.29 bits per heavy atom. The van der Waals surface area contributed by atoms with E-state index in [1.165, 1.54) is 108 Å². The second-order valence-electron chi connectivity index (χ2n) is 24.7. The zero-order valence-electron chi connectivity index (χ0n) is 41.4. The number of rotatable bonds is 3. The molecule has 0 saturated heterocycles. The molecule has 0 unspecified atom stereocenters. The van der Waals surface area contributed by atoms with Gasteiger partial charge in [-0.15, -0.1) is 0 Å². The lowest BCUT2D eigenvalue weighted by molar-refractivity contribution is 0.332. The molecule has 0 aromatic heterocycles. The monoisotopic (exact) mass is 831 g/mol. The highest BCUT2D eigenvalue weighted by Gasteiger charge is 2.47. The number of anilines is 6. The van der Waals surface area contributed by atoms with Crippen molar-refractivity contribution < 1.29 is 0 Å². The Morgan fingerprint density at radius 2 is 0.825 bits per heavy atom. The van der Waals surface area contributed by atoms with Gasteiger partial charge < -0.3 is 9.80 Å². The molecule has 0 radical (unpaired) electrons. The molecule has 3 aliphatic rings. The molecule has 0 spiro atoms. The standard InChI is InChI=1S/C60H71BN2/c1-55(2,3)40-30-41(56(4,5)6)33-44(32-40)62-50-26-25-39(38-21-18-17-19-22-38)29-48(50)61-49-36-46-47(60(15,16)28-27-59(46,13)14)37-53(49)63(52-24-20-23-51(62)54(52)61)45-34-42(57(7,8)9)31-43(35-45)58(10,11)12/h17-26,29-37H,27-28H2,1-16H3. The van der Waals surface area contributed by atoms with Gasteiger partial charge in [0, 0.05) is 34.1 Å². The van der Waals surface area contributed by atoms with Crippen molar-refractivity contribution in [2.24, 2.45) is 0 Å². The predicted molar refractivity (Wildman–Crippen MR) is 276 cm³/mol. The molecule has 0 amide bonds. The minimum atomic E-state index is -0.0262. The minimum absolute atomic E-state index is 0.0251. The SMILES string of the molecule is CC(C)(C)c1cc(N2c3ccc(-c4ccccc4)cc3B3c4cc5c(cc4N(c4cc(C(C)(C)C)cc(C(C)(C)C)c4)c4cccc2c43)C(C)(C)CCC5(C)C)cc(C(C)(C)C)c1. The van der Waals surface area contributed by atoms with Crippen LogP contribution < -0.4 is 26.2 Å². The summed E-state index contributed by atoms with van der Waals surface area (Å²) in [5.74, 6) is 0. The fourth-order valence-corrected chi connectivity index (χ4v) is 10.6. The third kappa shape index (κ3) is 7.36. The van der Waals surface area contributed by atoms with E-state index in [2.05, 4.69) is 236 Å². The molecule has 6 aromatic carbocycles. The lowest BCUT2D eigenvalue weighted by Crippen LogP contribution is -2.61.